The standard InChI is InChI=1S/C23H20N2O2/c26-20(16-24-18-12-6-2-7-13-18)21-22(17-10-4-1-5-11-17)25(23(21)27)19-14-8-3-9-15-19/h1-15,21-22,24H,16H2/t21-,22-/m1/s1. The van der Waals surface area contributed by atoms with E-state index < -0.39 is 5.92 Å². The Kier molecular flexibility index (Phi) is 4.71. The van der Waals surface area contributed by atoms with Crippen LogP contribution in [-0.2, 0) is 9.59 Å². The van der Waals surface area contributed by atoms with Gasteiger partial charge in [-0.1, -0.05) is 66.7 Å². The van der Waals surface area contributed by atoms with Crippen LogP contribution in [0.5, 0.6) is 0 Å². The second-order valence-corrected chi connectivity index (χ2v) is 6.56. The molecule has 1 fully saturated rings. The third-order valence-electron chi connectivity index (χ3n) is 4.86. The molecule has 134 valence electrons. The van der Waals surface area contributed by atoms with Gasteiger partial charge in [-0.15, -0.1) is 0 Å². The largest absolute Gasteiger partial charge is 0.378 e. The number of hydrogen-bond acceptors (Lipinski definition) is 3. The lowest BCUT2D eigenvalue weighted by atomic mass is 9.79. The molecular formula is C23H20N2O2. The maximum Gasteiger partial charge on any atom is 0.240 e. The van der Waals surface area contributed by atoms with Crippen LogP contribution in [0, 0.1) is 5.92 Å². The van der Waals surface area contributed by atoms with Crippen molar-refractivity contribution in [2.45, 2.75) is 6.04 Å². The Morgan fingerprint density at radius 3 is 2.00 bits per heavy atom. The molecule has 27 heavy (non-hydrogen) atoms. The number of nitrogens with one attached hydrogen (secondary N) is 1. The molecule has 4 heteroatoms. The molecule has 4 nitrogen and oxygen atoms in total. The van der Waals surface area contributed by atoms with Gasteiger partial charge in [0.15, 0.2) is 5.78 Å². The van der Waals surface area contributed by atoms with Crippen molar-refractivity contribution in [2.24, 2.45) is 5.92 Å². The number of carbonyl (C=O) groups is 2. The summed E-state index contributed by atoms with van der Waals surface area (Å²) in [5.41, 5.74) is 2.66. The SMILES string of the molecule is O=C(CNc1ccccc1)[C@H]1C(=O)N(c2ccccc2)[C@@H]1c1ccccc1. The van der Waals surface area contributed by atoms with E-state index in [0.717, 1.165) is 16.9 Å². The number of para-hydroxylation sites is 2. The predicted octanol–water partition coefficient (Wildman–Crippen LogP) is 4.07. The molecule has 0 saturated carbocycles. The van der Waals surface area contributed by atoms with Gasteiger partial charge in [-0.3, -0.25) is 9.59 Å². The Morgan fingerprint density at radius 1 is 0.815 bits per heavy atom. The van der Waals surface area contributed by atoms with Crippen LogP contribution < -0.4 is 10.2 Å². The van der Waals surface area contributed by atoms with Crippen LogP contribution in [0.3, 0.4) is 0 Å². The van der Waals surface area contributed by atoms with Gasteiger partial charge in [0.25, 0.3) is 0 Å². The van der Waals surface area contributed by atoms with Gasteiger partial charge in [-0.05, 0) is 29.8 Å². The monoisotopic (exact) mass is 356 g/mol. The van der Waals surface area contributed by atoms with Crippen LogP contribution >= 0.6 is 0 Å². The van der Waals surface area contributed by atoms with E-state index in [9.17, 15) is 9.59 Å². The number of hydrogen-bond donors (Lipinski definition) is 1. The molecule has 2 atom stereocenters. The van der Waals surface area contributed by atoms with Crippen LogP contribution in [0.1, 0.15) is 11.6 Å². The Hall–Kier alpha value is -3.40. The van der Waals surface area contributed by atoms with Gasteiger partial charge >= 0.3 is 0 Å². The number of β-lactam (4-membered cyclic amide) rings is 1. The summed E-state index contributed by atoms with van der Waals surface area (Å²) in [6.07, 6.45) is 0. The molecule has 4 rings (SSSR count). The third kappa shape index (κ3) is 3.34. The topological polar surface area (TPSA) is 49.4 Å². The van der Waals surface area contributed by atoms with Gasteiger partial charge in [0.2, 0.25) is 5.91 Å². The van der Waals surface area contributed by atoms with Crippen molar-refractivity contribution in [3.8, 4) is 0 Å². The van der Waals surface area contributed by atoms with Gasteiger partial charge in [-0.2, -0.15) is 0 Å². The number of anilines is 2. The molecule has 0 spiro atoms. The number of amides is 1. The first kappa shape index (κ1) is 17.0. The molecule has 3 aromatic rings. The summed E-state index contributed by atoms with van der Waals surface area (Å²) in [6, 6.07) is 28.5. The Labute approximate surface area is 158 Å². The number of carbonyl (C=O) groups excluding carboxylic acids is 2. The zero-order chi connectivity index (χ0) is 18.6. The Balaban J connectivity index is 1.57. The molecule has 0 aromatic heterocycles. The maximum absolute atomic E-state index is 12.9. The van der Waals surface area contributed by atoms with Crippen LogP contribution in [-0.4, -0.2) is 18.2 Å². The molecule has 3 aromatic carbocycles. The average Bonchev–Trinajstić information content (AvgIpc) is 2.72. The van der Waals surface area contributed by atoms with Crippen LogP contribution in [0.15, 0.2) is 91.0 Å². The predicted molar refractivity (Wildman–Crippen MR) is 107 cm³/mol. The summed E-state index contributed by atoms with van der Waals surface area (Å²) in [5.74, 6) is -0.899. The molecule has 1 aliphatic rings. The van der Waals surface area contributed by atoms with Gasteiger partial charge < -0.3 is 10.2 Å². The molecule has 1 amide bonds. The molecule has 1 heterocycles. The fraction of sp³-hybridized carbons (Fsp3) is 0.130. The number of Topliss-reactive ketones (excluding diaryl/α,β-unsaturated/α-hetero) is 1. The van der Waals surface area contributed by atoms with Crippen LogP contribution in [0.25, 0.3) is 0 Å². The quantitative estimate of drug-likeness (QED) is 0.535. The molecule has 0 aliphatic carbocycles. The highest BCUT2D eigenvalue weighted by Crippen LogP contribution is 2.43. The van der Waals surface area contributed by atoms with Crippen LogP contribution in [0.4, 0.5) is 11.4 Å². The zero-order valence-electron chi connectivity index (χ0n) is 14.8. The van der Waals surface area contributed by atoms with Gasteiger partial charge in [-0.25, -0.2) is 0 Å². The fourth-order valence-electron chi connectivity index (χ4n) is 3.53. The summed E-state index contributed by atoms with van der Waals surface area (Å²) in [6.45, 7) is 0.131. The van der Waals surface area contributed by atoms with Gasteiger partial charge in [0.05, 0.1) is 12.6 Å². The lowest BCUT2D eigenvalue weighted by Gasteiger charge is -2.46. The number of rotatable bonds is 6. The first-order valence-corrected chi connectivity index (χ1v) is 9.00. The first-order valence-electron chi connectivity index (χ1n) is 9.00. The average molecular weight is 356 g/mol. The molecular weight excluding hydrogens is 336 g/mol. The van der Waals surface area contributed by atoms with Crippen molar-refractivity contribution in [1.82, 2.24) is 0 Å². The third-order valence-corrected chi connectivity index (χ3v) is 4.86. The zero-order valence-corrected chi connectivity index (χ0v) is 14.8. The van der Waals surface area contributed by atoms with E-state index >= 15 is 0 Å². The molecule has 0 unspecified atom stereocenters. The summed E-state index contributed by atoms with van der Waals surface area (Å²) < 4.78 is 0. The first-order chi connectivity index (χ1) is 13.3. The van der Waals surface area contributed by atoms with E-state index in [1.807, 2.05) is 91.0 Å². The van der Waals surface area contributed by atoms with Crippen molar-refractivity contribution >= 4 is 23.1 Å². The van der Waals surface area contributed by atoms with Crippen molar-refractivity contribution in [2.75, 3.05) is 16.8 Å². The summed E-state index contributed by atoms with van der Waals surface area (Å²) in [7, 11) is 0. The van der Waals surface area contributed by atoms with Crippen molar-refractivity contribution in [3.63, 3.8) is 0 Å². The molecule has 1 aliphatic heterocycles. The second-order valence-electron chi connectivity index (χ2n) is 6.56. The number of ketones is 1. The minimum absolute atomic E-state index is 0.0927. The Bertz CT molecular complexity index is 926. The fourth-order valence-corrected chi connectivity index (χ4v) is 3.53. The summed E-state index contributed by atoms with van der Waals surface area (Å²) in [4.78, 5) is 27.5. The lowest BCUT2D eigenvalue weighted by molar-refractivity contribution is -0.139. The van der Waals surface area contributed by atoms with E-state index in [1.54, 1.807) is 4.90 Å². The smallest absolute Gasteiger partial charge is 0.240 e. The van der Waals surface area contributed by atoms with E-state index in [1.165, 1.54) is 0 Å². The molecule has 0 radical (unpaired) electrons. The Morgan fingerprint density at radius 2 is 1.37 bits per heavy atom. The lowest BCUT2D eigenvalue weighted by Crippen LogP contribution is -2.59. The second kappa shape index (κ2) is 7.46. The molecule has 1 N–H and O–H groups in total. The van der Waals surface area contributed by atoms with E-state index in [-0.39, 0.29) is 24.3 Å². The van der Waals surface area contributed by atoms with Crippen LogP contribution in [0.2, 0.25) is 0 Å². The van der Waals surface area contributed by atoms with E-state index in [0.29, 0.717) is 0 Å². The van der Waals surface area contributed by atoms with Crippen molar-refractivity contribution in [3.05, 3.63) is 96.6 Å². The van der Waals surface area contributed by atoms with E-state index in [2.05, 4.69) is 5.32 Å². The minimum Gasteiger partial charge on any atom is -0.378 e. The number of benzene rings is 3. The summed E-state index contributed by atoms with van der Waals surface area (Å²) >= 11 is 0. The minimum atomic E-state index is -0.663. The molecule has 0 bridgehead atoms. The van der Waals surface area contributed by atoms with Gasteiger partial charge in [0, 0.05) is 11.4 Å². The highest BCUT2D eigenvalue weighted by atomic mass is 16.2. The summed E-state index contributed by atoms with van der Waals surface area (Å²) in [5, 5.41) is 3.12. The normalized spacial score (nSPS) is 18.7. The highest BCUT2D eigenvalue weighted by Gasteiger charge is 2.52. The van der Waals surface area contributed by atoms with E-state index in [4.69, 9.17) is 0 Å². The van der Waals surface area contributed by atoms with Crippen molar-refractivity contribution in [1.29, 1.82) is 0 Å². The van der Waals surface area contributed by atoms with Crippen molar-refractivity contribution < 1.29 is 9.59 Å². The molecule has 1 saturated heterocycles. The number of nitrogens with zero attached hydrogens (tertiary/aromatic N) is 1. The van der Waals surface area contributed by atoms with Gasteiger partial charge in [0.1, 0.15) is 5.92 Å². The highest BCUT2D eigenvalue weighted by molar-refractivity contribution is 6.16. The maximum atomic E-state index is 12.9.